The number of thioether (sulfide) groups is 1. The average Bonchev–Trinajstić information content (AvgIpc) is 3.12. The van der Waals surface area contributed by atoms with Crippen molar-refractivity contribution in [2.45, 2.75) is 5.16 Å². The molecule has 5 rings (SSSR count). The monoisotopic (exact) mass is 405 g/mol. The van der Waals surface area contributed by atoms with Gasteiger partial charge in [-0.25, -0.2) is 9.97 Å². The van der Waals surface area contributed by atoms with Crippen molar-refractivity contribution in [3.05, 3.63) is 77.8 Å². The lowest BCUT2D eigenvalue weighted by atomic mass is 10.2. The van der Waals surface area contributed by atoms with Gasteiger partial charge in [0.15, 0.2) is 5.16 Å². The molecule has 0 saturated carbocycles. The van der Waals surface area contributed by atoms with Crippen molar-refractivity contribution in [1.29, 1.82) is 0 Å². The number of para-hydroxylation sites is 3. The van der Waals surface area contributed by atoms with Crippen molar-refractivity contribution in [2.75, 3.05) is 12.4 Å². The van der Waals surface area contributed by atoms with E-state index in [2.05, 4.69) is 16.5 Å². The summed E-state index contributed by atoms with van der Waals surface area (Å²) in [7, 11) is 0. The molecule has 0 atom stereocenters. The average molecular weight is 406 g/mol. The van der Waals surface area contributed by atoms with E-state index in [9.17, 15) is 0 Å². The van der Waals surface area contributed by atoms with Gasteiger partial charge in [-0.05, 0) is 48.5 Å². The number of rotatable bonds is 5. The zero-order valence-electron chi connectivity index (χ0n) is 14.9. The summed E-state index contributed by atoms with van der Waals surface area (Å²) in [5.41, 5.74) is 3.93. The van der Waals surface area contributed by atoms with Crippen LogP contribution in [0.25, 0.3) is 27.6 Å². The number of hydrogen-bond acceptors (Lipinski definition) is 4. The van der Waals surface area contributed by atoms with Crippen LogP contribution in [0.4, 0.5) is 0 Å². The Balaban J connectivity index is 1.48. The van der Waals surface area contributed by atoms with Gasteiger partial charge in [0.05, 0.1) is 23.2 Å². The molecule has 138 valence electrons. The quantitative estimate of drug-likeness (QED) is 0.208. The van der Waals surface area contributed by atoms with Crippen LogP contribution >= 0.6 is 23.4 Å². The van der Waals surface area contributed by atoms with E-state index < -0.39 is 0 Å². The Labute approximate surface area is 171 Å². The molecule has 0 radical (unpaired) electrons. The van der Waals surface area contributed by atoms with Gasteiger partial charge in [0.25, 0.3) is 0 Å². The molecule has 0 aliphatic rings. The maximum Gasteiger partial charge on any atom is 0.174 e. The van der Waals surface area contributed by atoms with Crippen LogP contribution in [-0.4, -0.2) is 26.7 Å². The molecule has 2 heterocycles. The molecule has 2 aromatic heterocycles. The van der Waals surface area contributed by atoms with Crippen LogP contribution in [0.2, 0.25) is 5.02 Å². The Hall–Kier alpha value is -2.76. The van der Waals surface area contributed by atoms with Crippen LogP contribution in [0.5, 0.6) is 5.75 Å². The molecule has 5 aromatic rings. The van der Waals surface area contributed by atoms with Crippen molar-refractivity contribution in [3.8, 4) is 5.75 Å². The number of ether oxygens (including phenoxy) is 1. The normalized spacial score (nSPS) is 11.5. The lowest BCUT2D eigenvalue weighted by molar-refractivity contribution is 0.344. The highest BCUT2D eigenvalue weighted by Gasteiger charge is 2.13. The second-order valence-electron chi connectivity index (χ2n) is 6.32. The molecule has 0 spiro atoms. The fourth-order valence-corrected chi connectivity index (χ4v) is 4.19. The third kappa shape index (κ3) is 3.17. The third-order valence-corrected chi connectivity index (χ3v) is 5.66. The molecule has 0 aliphatic carbocycles. The first-order valence-corrected chi connectivity index (χ1v) is 10.3. The fourth-order valence-electron chi connectivity index (χ4n) is 3.23. The second kappa shape index (κ2) is 7.34. The van der Waals surface area contributed by atoms with Crippen molar-refractivity contribution in [2.24, 2.45) is 0 Å². The summed E-state index contributed by atoms with van der Waals surface area (Å²) in [6, 6.07) is 23.7. The highest BCUT2D eigenvalue weighted by molar-refractivity contribution is 7.99. The number of benzene rings is 3. The highest BCUT2D eigenvalue weighted by Crippen LogP contribution is 2.29. The summed E-state index contributed by atoms with van der Waals surface area (Å²) in [5, 5.41) is 2.68. The van der Waals surface area contributed by atoms with E-state index in [1.807, 2.05) is 60.7 Å². The minimum atomic E-state index is 0.578. The summed E-state index contributed by atoms with van der Waals surface area (Å²) in [4.78, 5) is 9.75. The van der Waals surface area contributed by atoms with Crippen LogP contribution in [0.3, 0.4) is 0 Å². The van der Waals surface area contributed by atoms with Gasteiger partial charge in [0, 0.05) is 16.2 Å². The van der Waals surface area contributed by atoms with E-state index in [0.29, 0.717) is 11.6 Å². The highest BCUT2D eigenvalue weighted by atomic mass is 35.5. The van der Waals surface area contributed by atoms with Crippen LogP contribution in [0.15, 0.2) is 78.0 Å². The van der Waals surface area contributed by atoms with Gasteiger partial charge in [0.2, 0.25) is 0 Å². The molecule has 6 heteroatoms. The molecule has 3 aromatic carbocycles. The summed E-state index contributed by atoms with van der Waals surface area (Å²) in [6.07, 6.45) is 0. The van der Waals surface area contributed by atoms with Gasteiger partial charge in [-0.2, -0.15) is 0 Å². The maximum absolute atomic E-state index is 5.92. The Morgan fingerprint density at radius 3 is 2.46 bits per heavy atom. The van der Waals surface area contributed by atoms with Crippen molar-refractivity contribution >= 4 is 50.9 Å². The van der Waals surface area contributed by atoms with E-state index in [1.165, 1.54) is 0 Å². The van der Waals surface area contributed by atoms with Gasteiger partial charge < -0.3 is 4.74 Å². The standard InChI is InChI=1S/C22H16ClN3OS/c23-15-9-11-16(12-10-15)27-13-14-28-22-25-18-6-2-1-5-17(18)21-24-19-7-3-4-8-20(19)26(21)22/h1-12H,13-14H2. The second-order valence-corrected chi connectivity index (χ2v) is 7.82. The number of fused-ring (bicyclic) bond motifs is 5. The summed E-state index contributed by atoms with van der Waals surface area (Å²) >= 11 is 7.58. The lowest BCUT2D eigenvalue weighted by Crippen LogP contribution is -2.03. The molecule has 0 aliphatic heterocycles. The number of aromatic nitrogens is 3. The topological polar surface area (TPSA) is 39.4 Å². The van der Waals surface area contributed by atoms with Gasteiger partial charge in [0.1, 0.15) is 11.4 Å². The zero-order valence-corrected chi connectivity index (χ0v) is 16.5. The number of imidazole rings is 1. The fraction of sp³-hybridized carbons (Fsp3) is 0.0909. The van der Waals surface area contributed by atoms with Crippen molar-refractivity contribution in [1.82, 2.24) is 14.4 Å². The SMILES string of the molecule is Clc1ccc(OCCSc2nc3ccccc3c3nc4ccccc4n23)cc1. The molecule has 0 fully saturated rings. The first kappa shape index (κ1) is 17.3. The van der Waals surface area contributed by atoms with E-state index in [4.69, 9.17) is 26.3 Å². The molecule has 0 unspecified atom stereocenters. The molecule has 0 bridgehead atoms. The summed E-state index contributed by atoms with van der Waals surface area (Å²) in [6.45, 7) is 0.578. The molecule has 28 heavy (non-hydrogen) atoms. The summed E-state index contributed by atoms with van der Waals surface area (Å²) < 4.78 is 7.96. The minimum absolute atomic E-state index is 0.578. The van der Waals surface area contributed by atoms with E-state index in [-0.39, 0.29) is 0 Å². The van der Waals surface area contributed by atoms with Gasteiger partial charge in [-0.15, -0.1) is 0 Å². The minimum Gasteiger partial charge on any atom is -0.493 e. The Bertz CT molecular complexity index is 1280. The molecule has 4 nitrogen and oxygen atoms in total. The Morgan fingerprint density at radius 1 is 0.857 bits per heavy atom. The van der Waals surface area contributed by atoms with Crippen LogP contribution in [0, 0.1) is 0 Å². The van der Waals surface area contributed by atoms with Gasteiger partial charge in [-0.1, -0.05) is 47.6 Å². The van der Waals surface area contributed by atoms with Crippen LogP contribution in [-0.2, 0) is 0 Å². The van der Waals surface area contributed by atoms with Gasteiger partial charge >= 0.3 is 0 Å². The van der Waals surface area contributed by atoms with E-state index in [0.717, 1.165) is 44.2 Å². The molecular formula is C22H16ClN3OS. The molecule has 0 N–H and O–H groups in total. The number of hydrogen-bond donors (Lipinski definition) is 0. The van der Waals surface area contributed by atoms with E-state index in [1.54, 1.807) is 11.8 Å². The molecule has 0 amide bonds. The maximum atomic E-state index is 5.92. The molecule has 0 saturated heterocycles. The van der Waals surface area contributed by atoms with Gasteiger partial charge in [-0.3, -0.25) is 4.40 Å². The largest absolute Gasteiger partial charge is 0.493 e. The first-order chi connectivity index (χ1) is 13.8. The van der Waals surface area contributed by atoms with E-state index >= 15 is 0 Å². The smallest absolute Gasteiger partial charge is 0.174 e. The third-order valence-electron chi connectivity index (χ3n) is 4.51. The van der Waals surface area contributed by atoms with Crippen molar-refractivity contribution in [3.63, 3.8) is 0 Å². The first-order valence-electron chi connectivity index (χ1n) is 8.97. The Morgan fingerprint density at radius 2 is 1.61 bits per heavy atom. The van der Waals surface area contributed by atoms with Crippen molar-refractivity contribution < 1.29 is 4.74 Å². The number of halogens is 1. The summed E-state index contributed by atoms with van der Waals surface area (Å²) in [5.74, 6) is 1.59. The molecular weight excluding hydrogens is 390 g/mol. The predicted molar refractivity (Wildman–Crippen MR) is 116 cm³/mol. The van der Waals surface area contributed by atoms with Crippen LogP contribution in [0.1, 0.15) is 0 Å². The predicted octanol–water partition coefficient (Wildman–Crippen LogP) is 5.86. The Kier molecular flexibility index (Phi) is 4.55. The number of nitrogens with zero attached hydrogens (tertiary/aromatic N) is 3. The van der Waals surface area contributed by atoms with Crippen LogP contribution < -0.4 is 4.74 Å². The zero-order chi connectivity index (χ0) is 18.9. The lowest BCUT2D eigenvalue weighted by Gasteiger charge is -2.09.